The molecule has 0 saturated heterocycles. The largest absolute Gasteiger partial charge is 0.469 e. The molecule has 1 rings (SSSR count). The Morgan fingerprint density at radius 2 is 2.00 bits per heavy atom. The van der Waals surface area contributed by atoms with E-state index in [1.54, 1.807) is 26.8 Å². The van der Waals surface area contributed by atoms with Gasteiger partial charge in [-0.3, -0.25) is 4.79 Å². The first kappa shape index (κ1) is 14.5. The molecular weight excluding hydrogens is 254 g/mol. The molecule has 2 N–H and O–H groups in total. The number of esters is 2. The molecular formula is C12H17NO4S. The third kappa shape index (κ3) is 4.03. The Balaban J connectivity index is 2.84. The van der Waals surface area contributed by atoms with E-state index in [4.69, 9.17) is 10.5 Å². The quantitative estimate of drug-likeness (QED) is 0.851. The Kier molecular flexibility index (Phi) is 4.34. The fourth-order valence-corrected chi connectivity index (χ4v) is 2.15. The molecule has 0 aliphatic heterocycles. The molecule has 0 bridgehead atoms. The van der Waals surface area contributed by atoms with Gasteiger partial charge in [0.15, 0.2) is 0 Å². The van der Waals surface area contributed by atoms with Crippen molar-refractivity contribution >= 4 is 28.3 Å². The molecule has 1 aromatic heterocycles. The van der Waals surface area contributed by atoms with Crippen molar-refractivity contribution in [3.63, 3.8) is 0 Å². The SMILES string of the molecule is COC(=O)Cc1cc(C(=O)OC(C)(C)C)c(N)s1. The van der Waals surface area contributed by atoms with E-state index in [1.165, 1.54) is 18.4 Å². The summed E-state index contributed by atoms with van der Waals surface area (Å²) in [6, 6.07) is 1.57. The van der Waals surface area contributed by atoms with E-state index in [9.17, 15) is 9.59 Å². The normalized spacial score (nSPS) is 11.1. The van der Waals surface area contributed by atoms with Crippen molar-refractivity contribution < 1.29 is 19.1 Å². The molecule has 6 heteroatoms. The molecule has 0 saturated carbocycles. The molecule has 5 nitrogen and oxygen atoms in total. The summed E-state index contributed by atoms with van der Waals surface area (Å²) in [5.41, 5.74) is 5.47. The summed E-state index contributed by atoms with van der Waals surface area (Å²) in [4.78, 5) is 23.6. The minimum atomic E-state index is -0.575. The maximum Gasteiger partial charge on any atom is 0.341 e. The highest BCUT2D eigenvalue weighted by Gasteiger charge is 2.22. The summed E-state index contributed by atoms with van der Waals surface area (Å²) in [7, 11) is 1.31. The lowest BCUT2D eigenvalue weighted by molar-refractivity contribution is -0.139. The lowest BCUT2D eigenvalue weighted by Crippen LogP contribution is -2.24. The molecule has 0 radical (unpaired) electrons. The predicted octanol–water partition coefficient (Wildman–Crippen LogP) is 2.00. The molecule has 0 unspecified atom stereocenters. The molecule has 0 amide bonds. The molecule has 0 spiro atoms. The Morgan fingerprint density at radius 1 is 1.39 bits per heavy atom. The van der Waals surface area contributed by atoms with E-state index >= 15 is 0 Å². The first-order chi connectivity index (χ1) is 8.23. The second kappa shape index (κ2) is 5.39. The highest BCUT2D eigenvalue weighted by Crippen LogP contribution is 2.27. The number of hydrogen-bond acceptors (Lipinski definition) is 6. The number of nitrogen functional groups attached to an aromatic ring is 1. The van der Waals surface area contributed by atoms with Crippen LogP contribution in [0.15, 0.2) is 6.07 Å². The highest BCUT2D eigenvalue weighted by molar-refractivity contribution is 7.16. The van der Waals surface area contributed by atoms with Crippen LogP contribution in [0, 0.1) is 0 Å². The first-order valence-electron chi connectivity index (χ1n) is 5.41. The van der Waals surface area contributed by atoms with Crippen LogP contribution in [0.5, 0.6) is 0 Å². The molecule has 0 aromatic carbocycles. The van der Waals surface area contributed by atoms with Gasteiger partial charge in [0.25, 0.3) is 0 Å². The monoisotopic (exact) mass is 271 g/mol. The standard InChI is InChI=1S/C12H17NO4S/c1-12(2,3)17-11(15)8-5-7(18-10(8)13)6-9(14)16-4/h5H,6,13H2,1-4H3. The van der Waals surface area contributed by atoms with Gasteiger partial charge in [-0.15, -0.1) is 11.3 Å². The van der Waals surface area contributed by atoms with Gasteiger partial charge in [0, 0.05) is 4.88 Å². The fourth-order valence-electron chi connectivity index (χ4n) is 1.25. The van der Waals surface area contributed by atoms with Crippen molar-refractivity contribution in [2.24, 2.45) is 0 Å². The second-order valence-electron chi connectivity index (χ2n) is 4.75. The number of thiophene rings is 1. The third-order valence-electron chi connectivity index (χ3n) is 1.98. The maximum atomic E-state index is 11.8. The van der Waals surface area contributed by atoms with Gasteiger partial charge in [0.2, 0.25) is 0 Å². The molecule has 0 fully saturated rings. The molecule has 18 heavy (non-hydrogen) atoms. The van der Waals surface area contributed by atoms with Gasteiger partial charge < -0.3 is 15.2 Å². The van der Waals surface area contributed by atoms with E-state index < -0.39 is 11.6 Å². The summed E-state index contributed by atoms with van der Waals surface area (Å²) in [6.07, 6.45) is 0.105. The summed E-state index contributed by atoms with van der Waals surface area (Å²) in [6.45, 7) is 5.34. The molecule has 1 aromatic rings. The van der Waals surface area contributed by atoms with E-state index in [0.29, 0.717) is 15.4 Å². The number of hydrogen-bond donors (Lipinski definition) is 1. The summed E-state index contributed by atoms with van der Waals surface area (Å²) < 4.78 is 9.78. The summed E-state index contributed by atoms with van der Waals surface area (Å²) in [5.74, 6) is -0.848. The minimum Gasteiger partial charge on any atom is -0.469 e. The van der Waals surface area contributed by atoms with Crippen LogP contribution in [0.4, 0.5) is 5.00 Å². The van der Waals surface area contributed by atoms with Crippen LogP contribution in [0.25, 0.3) is 0 Å². The van der Waals surface area contributed by atoms with Crippen molar-refractivity contribution in [2.75, 3.05) is 12.8 Å². The number of methoxy groups -OCH3 is 1. The van der Waals surface area contributed by atoms with E-state index in [1.807, 2.05) is 0 Å². The Morgan fingerprint density at radius 3 is 2.50 bits per heavy atom. The van der Waals surface area contributed by atoms with E-state index in [-0.39, 0.29) is 12.4 Å². The van der Waals surface area contributed by atoms with Crippen LogP contribution < -0.4 is 5.73 Å². The van der Waals surface area contributed by atoms with Gasteiger partial charge >= 0.3 is 11.9 Å². The Labute approximate surface area is 110 Å². The van der Waals surface area contributed by atoms with Crippen LogP contribution in [0.1, 0.15) is 36.0 Å². The number of nitrogens with two attached hydrogens (primary N) is 1. The Bertz CT molecular complexity index is 459. The smallest absolute Gasteiger partial charge is 0.341 e. The van der Waals surface area contributed by atoms with Crippen molar-refractivity contribution in [3.05, 3.63) is 16.5 Å². The summed E-state index contributed by atoms with van der Waals surface area (Å²) >= 11 is 1.19. The molecule has 0 aliphatic rings. The van der Waals surface area contributed by atoms with Crippen molar-refractivity contribution in [2.45, 2.75) is 32.8 Å². The zero-order valence-corrected chi connectivity index (χ0v) is 11.7. The lowest BCUT2D eigenvalue weighted by atomic mass is 10.2. The fraction of sp³-hybridized carbons (Fsp3) is 0.500. The number of carbonyl (C=O) groups is 2. The van der Waals surface area contributed by atoms with E-state index in [2.05, 4.69) is 4.74 Å². The van der Waals surface area contributed by atoms with Crippen molar-refractivity contribution in [1.29, 1.82) is 0 Å². The van der Waals surface area contributed by atoms with Crippen LogP contribution in [0.2, 0.25) is 0 Å². The van der Waals surface area contributed by atoms with Crippen LogP contribution in [-0.4, -0.2) is 24.6 Å². The topological polar surface area (TPSA) is 78.6 Å². The predicted molar refractivity (Wildman–Crippen MR) is 69.6 cm³/mol. The number of ether oxygens (including phenoxy) is 2. The average molecular weight is 271 g/mol. The highest BCUT2D eigenvalue weighted by atomic mass is 32.1. The summed E-state index contributed by atoms with van der Waals surface area (Å²) in [5, 5.41) is 0.350. The van der Waals surface area contributed by atoms with Gasteiger partial charge in [-0.1, -0.05) is 0 Å². The third-order valence-corrected chi connectivity index (χ3v) is 2.94. The van der Waals surface area contributed by atoms with Crippen molar-refractivity contribution in [1.82, 2.24) is 0 Å². The average Bonchev–Trinajstić information content (AvgIpc) is 2.56. The van der Waals surface area contributed by atoms with Gasteiger partial charge in [0.05, 0.1) is 19.1 Å². The number of anilines is 1. The van der Waals surface area contributed by atoms with Gasteiger partial charge in [-0.2, -0.15) is 0 Å². The maximum absolute atomic E-state index is 11.8. The number of carbonyl (C=O) groups excluding carboxylic acids is 2. The lowest BCUT2D eigenvalue weighted by Gasteiger charge is -2.19. The molecule has 1 heterocycles. The first-order valence-corrected chi connectivity index (χ1v) is 6.23. The number of rotatable bonds is 3. The molecule has 0 aliphatic carbocycles. The van der Waals surface area contributed by atoms with Crippen molar-refractivity contribution in [3.8, 4) is 0 Å². The minimum absolute atomic E-state index is 0.105. The van der Waals surface area contributed by atoms with Gasteiger partial charge in [-0.25, -0.2) is 4.79 Å². The van der Waals surface area contributed by atoms with Crippen LogP contribution in [0.3, 0.4) is 0 Å². The van der Waals surface area contributed by atoms with Crippen LogP contribution >= 0.6 is 11.3 Å². The molecule has 100 valence electrons. The zero-order valence-electron chi connectivity index (χ0n) is 10.9. The van der Waals surface area contributed by atoms with Gasteiger partial charge in [-0.05, 0) is 26.8 Å². The van der Waals surface area contributed by atoms with Gasteiger partial charge in [0.1, 0.15) is 10.6 Å². The Hall–Kier alpha value is -1.56. The zero-order chi connectivity index (χ0) is 13.9. The molecule has 0 atom stereocenters. The van der Waals surface area contributed by atoms with Crippen LogP contribution in [-0.2, 0) is 20.7 Å². The van der Waals surface area contributed by atoms with E-state index in [0.717, 1.165) is 0 Å². The second-order valence-corrected chi connectivity index (χ2v) is 5.91.